The van der Waals surface area contributed by atoms with Gasteiger partial charge < -0.3 is 10.2 Å². The molecule has 39 heavy (non-hydrogen) atoms. The van der Waals surface area contributed by atoms with Crippen LogP contribution in [0.25, 0.3) is 0 Å². The highest BCUT2D eigenvalue weighted by molar-refractivity contribution is 9.10. The third-order valence-corrected chi connectivity index (χ3v) is 9.28. The van der Waals surface area contributed by atoms with Crippen LogP contribution in [0.2, 0.25) is 0 Å². The Morgan fingerprint density at radius 3 is 1.95 bits per heavy atom. The maximum absolute atomic E-state index is 13.9. The first-order valence-corrected chi connectivity index (χ1v) is 15.6. The third-order valence-electron chi connectivity index (χ3n) is 6.44. The lowest BCUT2D eigenvalue weighted by atomic mass is 10.1. The van der Waals surface area contributed by atoms with Crippen LogP contribution in [0, 0.1) is 6.92 Å². The lowest BCUT2D eigenvalue weighted by molar-refractivity contribution is -0.139. The molecule has 0 aliphatic carbocycles. The predicted octanol–water partition coefficient (Wildman–Crippen LogP) is 6.05. The van der Waals surface area contributed by atoms with Crippen LogP contribution in [0.3, 0.4) is 0 Å². The Bertz CT molecular complexity index is 1380. The molecular weight excluding hydrogens is 646 g/mol. The van der Waals surface area contributed by atoms with Crippen molar-refractivity contribution in [1.82, 2.24) is 10.2 Å². The largest absolute Gasteiger partial charge is 0.352 e. The molecule has 0 fully saturated rings. The fourth-order valence-electron chi connectivity index (χ4n) is 3.81. The topological polar surface area (TPSA) is 86.8 Å². The zero-order valence-corrected chi connectivity index (χ0v) is 26.4. The number of rotatable bonds is 11. The van der Waals surface area contributed by atoms with Crippen molar-refractivity contribution in [2.75, 3.05) is 10.8 Å². The molecule has 0 saturated heterocycles. The quantitative estimate of drug-likeness (QED) is 0.268. The predicted molar refractivity (Wildman–Crippen MR) is 162 cm³/mol. The SMILES string of the molecule is CCC(C)NC(=O)C(C)N(Cc1ccc(Br)cc1)C(=O)CN(c1ccc(Br)cc1)S(=O)(=O)c1ccc(C)cc1. The van der Waals surface area contributed by atoms with Gasteiger partial charge in [-0.3, -0.25) is 13.9 Å². The number of nitrogens with one attached hydrogen (secondary N) is 1. The molecule has 0 spiro atoms. The van der Waals surface area contributed by atoms with Crippen molar-refractivity contribution in [3.05, 3.63) is 92.9 Å². The summed E-state index contributed by atoms with van der Waals surface area (Å²) < 4.78 is 30.4. The first-order valence-electron chi connectivity index (χ1n) is 12.6. The van der Waals surface area contributed by atoms with Crippen LogP contribution in [-0.2, 0) is 26.2 Å². The van der Waals surface area contributed by atoms with E-state index in [0.29, 0.717) is 5.69 Å². The van der Waals surface area contributed by atoms with E-state index in [1.165, 1.54) is 17.0 Å². The summed E-state index contributed by atoms with van der Waals surface area (Å²) in [5.41, 5.74) is 2.07. The fourth-order valence-corrected chi connectivity index (χ4v) is 5.75. The van der Waals surface area contributed by atoms with E-state index in [4.69, 9.17) is 0 Å². The number of hydrogen-bond acceptors (Lipinski definition) is 4. The molecule has 1 N–H and O–H groups in total. The molecule has 0 saturated carbocycles. The van der Waals surface area contributed by atoms with Gasteiger partial charge in [-0.15, -0.1) is 0 Å². The monoisotopic (exact) mass is 677 g/mol. The van der Waals surface area contributed by atoms with Gasteiger partial charge in [-0.1, -0.05) is 68.6 Å². The Kier molecular flexibility index (Phi) is 10.7. The van der Waals surface area contributed by atoms with E-state index >= 15 is 0 Å². The average molecular weight is 679 g/mol. The Hall–Kier alpha value is -2.69. The van der Waals surface area contributed by atoms with Gasteiger partial charge in [-0.05, 0) is 81.3 Å². The molecule has 0 bridgehead atoms. The molecule has 2 amide bonds. The minimum absolute atomic E-state index is 0.0641. The Balaban J connectivity index is 2.01. The van der Waals surface area contributed by atoms with Gasteiger partial charge >= 0.3 is 0 Å². The summed E-state index contributed by atoms with van der Waals surface area (Å²) in [4.78, 5) is 28.5. The zero-order valence-electron chi connectivity index (χ0n) is 22.4. The van der Waals surface area contributed by atoms with E-state index in [0.717, 1.165) is 30.8 Å². The van der Waals surface area contributed by atoms with E-state index in [2.05, 4.69) is 37.2 Å². The van der Waals surface area contributed by atoms with Crippen molar-refractivity contribution in [2.45, 2.75) is 57.6 Å². The van der Waals surface area contributed by atoms with Crippen molar-refractivity contribution in [3.8, 4) is 0 Å². The van der Waals surface area contributed by atoms with E-state index in [-0.39, 0.29) is 23.4 Å². The number of amides is 2. The van der Waals surface area contributed by atoms with Gasteiger partial charge in [0.1, 0.15) is 12.6 Å². The molecular formula is C29H33Br2N3O4S. The number of anilines is 1. The van der Waals surface area contributed by atoms with Gasteiger partial charge in [0, 0.05) is 21.5 Å². The second-order valence-corrected chi connectivity index (χ2v) is 13.1. The molecule has 0 radical (unpaired) electrons. The lowest BCUT2D eigenvalue weighted by Gasteiger charge is -2.32. The first-order chi connectivity index (χ1) is 18.4. The van der Waals surface area contributed by atoms with E-state index in [1.54, 1.807) is 43.3 Å². The number of nitrogens with zero attached hydrogens (tertiary/aromatic N) is 2. The molecule has 3 rings (SSSR count). The summed E-state index contributed by atoms with van der Waals surface area (Å²) >= 11 is 6.80. The molecule has 0 aromatic heterocycles. The van der Waals surface area contributed by atoms with Crippen molar-refractivity contribution >= 4 is 59.4 Å². The number of benzene rings is 3. The summed E-state index contributed by atoms with van der Waals surface area (Å²) in [5, 5.41) is 2.93. The van der Waals surface area contributed by atoms with Crippen LogP contribution >= 0.6 is 31.9 Å². The van der Waals surface area contributed by atoms with Crippen LogP contribution in [0.5, 0.6) is 0 Å². The van der Waals surface area contributed by atoms with Crippen LogP contribution in [0.4, 0.5) is 5.69 Å². The second-order valence-electron chi connectivity index (χ2n) is 9.44. The highest BCUT2D eigenvalue weighted by atomic mass is 79.9. The van der Waals surface area contributed by atoms with Crippen molar-refractivity contribution in [2.24, 2.45) is 0 Å². The first kappa shape index (κ1) is 30.8. The van der Waals surface area contributed by atoms with Gasteiger partial charge in [0.15, 0.2) is 0 Å². The van der Waals surface area contributed by atoms with E-state index in [9.17, 15) is 18.0 Å². The number of carbonyl (C=O) groups is 2. The molecule has 208 valence electrons. The summed E-state index contributed by atoms with van der Waals surface area (Å²) in [6.45, 7) is 7.06. The number of aryl methyl sites for hydroxylation is 1. The van der Waals surface area contributed by atoms with Gasteiger partial charge in [-0.25, -0.2) is 8.42 Å². The van der Waals surface area contributed by atoms with Crippen molar-refractivity contribution < 1.29 is 18.0 Å². The standard InChI is InChI=1S/C29H33Br2N3O4S/c1-5-21(3)32-29(36)22(4)33(18-23-8-10-24(30)11-9-23)28(35)19-34(26-14-12-25(31)13-15-26)39(37,38)27-16-6-20(2)7-17-27/h6-17,21-22H,5,18-19H2,1-4H3,(H,32,36). The van der Waals surface area contributed by atoms with Gasteiger partial charge in [0.05, 0.1) is 10.6 Å². The smallest absolute Gasteiger partial charge is 0.264 e. The highest BCUT2D eigenvalue weighted by Gasteiger charge is 2.32. The Morgan fingerprint density at radius 2 is 1.41 bits per heavy atom. The van der Waals surface area contributed by atoms with Gasteiger partial charge in [-0.2, -0.15) is 0 Å². The molecule has 10 heteroatoms. The normalized spacial score (nSPS) is 12.9. The summed E-state index contributed by atoms with van der Waals surface area (Å²) in [7, 11) is -4.10. The van der Waals surface area contributed by atoms with E-state index in [1.807, 2.05) is 45.0 Å². The number of hydrogen-bond donors (Lipinski definition) is 1. The van der Waals surface area contributed by atoms with Crippen molar-refractivity contribution in [1.29, 1.82) is 0 Å². The second kappa shape index (κ2) is 13.6. The average Bonchev–Trinajstić information content (AvgIpc) is 2.91. The third kappa shape index (κ3) is 8.16. The molecule has 7 nitrogen and oxygen atoms in total. The Labute approximate surface area is 247 Å². The van der Waals surface area contributed by atoms with Crippen LogP contribution in [-0.4, -0.2) is 43.8 Å². The maximum Gasteiger partial charge on any atom is 0.264 e. The molecule has 0 aliphatic heterocycles. The molecule has 2 unspecified atom stereocenters. The lowest BCUT2D eigenvalue weighted by Crippen LogP contribution is -2.52. The summed E-state index contributed by atoms with van der Waals surface area (Å²) in [5.74, 6) is -0.797. The molecule has 0 heterocycles. The van der Waals surface area contributed by atoms with Gasteiger partial charge in [0.25, 0.3) is 10.0 Å². The summed E-state index contributed by atoms with van der Waals surface area (Å²) in [6.07, 6.45) is 0.741. The molecule has 0 aliphatic rings. The number of halogens is 2. The minimum Gasteiger partial charge on any atom is -0.352 e. The minimum atomic E-state index is -4.10. The molecule has 3 aromatic carbocycles. The fraction of sp³-hybridized carbons (Fsp3) is 0.310. The van der Waals surface area contributed by atoms with Crippen LogP contribution < -0.4 is 9.62 Å². The molecule has 2 atom stereocenters. The zero-order chi connectivity index (χ0) is 28.7. The van der Waals surface area contributed by atoms with Gasteiger partial charge in [0.2, 0.25) is 11.8 Å². The van der Waals surface area contributed by atoms with Crippen LogP contribution in [0.1, 0.15) is 38.3 Å². The highest BCUT2D eigenvalue weighted by Crippen LogP contribution is 2.26. The van der Waals surface area contributed by atoms with Crippen molar-refractivity contribution in [3.63, 3.8) is 0 Å². The Morgan fingerprint density at radius 1 is 0.872 bits per heavy atom. The number of carbonyl (C=O) groups excluding carboxylic acids is 2. The van der Waals surface area contributed by atoms with Crippen LogP contribution in [0.15, 0.2) is 86.6 Å². The molecule has 3 aromatic rings. The number of sulfonamides is 1. The maximum atomic E-state index is 13.9. The summed E-state index contributed by atoms with van der Waals surface area (Å²) in [6, 6.07) is 19.8. The van der Waals surface area contributed by atoms with E-state index < -0.39 is 28.5 Å².